The molecule has 0 radical (unpaired) electrons. The number of aromatic nitrogens is 5. The van der Waals surface area contributed by atoms with Crippen LogP contribution in [0.4, 0.5) is 5.95 Å². The first-order chi connectivity index (χ1) is 11.9. The summed E-state index contributed by atoms with van der Waals surface area (Å²) in [7, 11) is -3.77. The zero-order chi connectivity index (χ0) is 18.0. The lowest BCUT2D eigenvalue weighted by Gasteiger charge is -2.05. The predicted octanol–water partition coefficient (Wildman–Crippen LogP) is 1.96. The van der Waals surface area contributed by atoms with E-state index in [9.17, 15) is 8.42 Å². The molecule has 0 atom stereocenters. The molecule has 2 aromatic heterocycles. The molecule has 0 spiro atoms. The molecule has 9 heteroatoms. The van der Waals surface area contributed by atoms with Gasteiger partial charge in [-0.3, -0.25) is 4.68 Å². The van der Waals surface area contributed by atoms with E-state index in [0.29, 0.717) is 18.8 Å². The summed E-state index contributed by atoms with van der Waals surface area (Å²) < 4.78 is 30.6. The highest BCUT2D eigenvalue weighted by molar-refractivity contribution is 7.92. The van der Waals surface area contributed by atoms with Crippen LogP contribution in [0.1, 0.15) is 23.7 Å². The van der Waals surface area contributed by atoms with Crippen molar-refractivity contribution < 1.29 is 8.42 Å². The summed E-state index contributed by atoms with van der Waals surface area (Å²) in [6.45, 7) is 6.69. The summed E-state index contributed by atoms with van der Waals surface area (Å²) in [4.78, 5) is 4.17. The Morgan fingerprint density at radius 1 is 1.12 bits per heavy atom. The summed E-state index contributed by atoms with van der Waals surface area (Å²) >= 11 is 0. The first-order valence-electron chi connectivity index (χ1n) is 7.90. The Balaban J connectivity index is 1.78. The maximum Gasteiger partial charge on any atom is 0.267 e. The molecule has 0 aliphatic rings. The van der Waals surface area contributed by atoms with Gasteiger partial charge in [0.05, 0.1) is 12.2 Å². The van der Waals surface area contributed by atoms with Crippen molar-refractivity contribution in [1.29, 1.82) is 0 Å². The monoisotopic (exact) mass is 360 g/mol. The fraction of sp³-hybridized carbons (Fsp3) is 0.312. The summed E-state index contributed by atoms with van der Waals surface area (Å²) in [6, 6.07) is 7.95. The highest BCUT2D eigenvalue weighted by Crippen LogP contribution is 2.16. The second-order valence-electron chi connectivity index (χ2n) is 5.73. The van der Waals surface area contributed by atoms with Crippen LogP contribution in [0.3, 0.4) is 0 Å². The van der Waals surface area contributed by atoms with Gasteiger partial charge in [-0.25, -0.2) is 17.8 Å². The van der Waals surface area contributed by atoms with Gasteiger partial charge in [0.15, 0.2) is 0 Å². The van der Waals surface area contributed by atoms with Gasteiger partial charge in [0, 0.05) is 12.7 Å². The van der Waals surface area contributed by atoms with E-state index in [1.54, 1.807) is 16.3 Å². The van der Waals surface area contributed by atoms with Crippen LogP contribution in [0.2, 0.25) is 0 Å². The van der Waals surface area contributed by atoms with E-state index in [1.165, 1.54) is 12.5 Å². The zero-order valence-corrected chi connectivity index (χ0v) is 15.2. The SMILES string of the molecule is CCn1cc(S(=O)(=O)Nc2ncn(Cc3ccccc3C)n2)c(C)n1. The fourth-order valence-electron chi connectivity index (χ4n) is 2.48. The van der Waals surface area contributed by atoms with Gasteiger partial charge in [-0.2, -0.15) is 10.1 Å². The number of nitrogens with zero attached hydrogens (tertiary/aromatic N) is 5. The lowest BCUT2D eigenvalue weighted by molar-refractivity contribution is 0.599. The van der Waals surface area contributed by atoms with Gasteiger partial charge in [0.1, 0.15) is 11.2 Å². The van der Waals surface area contributed by atoms with Crippen molar-refractivity contribution in [2.45, 2.75) is 38.8 Å². The van der Waals surface area contributed by atoms with Gasteiger partial charge < -0.3 is 0 Å². The number of nitrogens with one attached hydrogen (secondary N) is 1. The molecule has 25 heavy (non-hydrogen) atoms. The van der Waals surface area contributed by atoms with Crippen molar-refractivity contribution >= 4 is 16.0 Å². The van der Waals surface area contributed by atoms with Gasteiger partial charge in [-0.05, 0) is 31.9 Å². The van der Waals surface area contributed by atoms with E-state index in [4.69, 9.17) is 0 Å². The topological polar surface area (TPSA) is 94.7 Å². The third-order valence-corrected chi connectivity index (χ3v) is 5.30. The van der Waals surface area contributed by atoms with Gasteiger partial charge in [-0.15, -0.1) is 5.10 Å². The Morgan fingerprint density at radius 3 is 2.56 bits per heavy atom. The largest absolute Gasteiger partial charge is 0.271 e. The number of rotatable bonds is 6. The van der Waals surface area contributed by atoms with Crippen LogP contribution in [-0.4, -0.2) is 33.0 Å². The van der Waals surface area contributed by atoms with E-state index in [0.717, 1.165) is 11.1 Å². The van der Waals surface area contributed by atoms with Crippen molar-refractivity contribution in [3.8, 4) is 0 Å². The van der Waals surface area contributed by atoms with Crippen molar-refractivity contribution in [2.24, 2.45) is 0 Å². The Bertz CT molecular complexity index is 990. The van der Waals surface area contributed by atoms with E-state index in [2.05, 4.69) is 19.9 Å². The zero-order valence-electron chi connectivity index (χ0n) is 14.3. The molecule has 0 saturated heterocycles. The Hall–Kier alpha value is -2.68. The molecule has 0 unspecified atom stereocenters. The number of hydrogen-bond donors (Lipinski definition) is 1. The second-order valence-corrected chi connectivity index (χ2v) is 7.38. The third-order valence-electron chi connectivity index (χ3n) is 3.87. The molecule has 0 saturated carbocycles. The summed E-state index contributed by atoms with van der Waals surface area (Å²) in [5.74, 6) is 0.0391. The second kappa shape index (κ2) is 6.67. The summed E-state index contributed by atoms with van der Waals surface area (Å²) in [5, 5.41) is 8.36. The molecule has 3 rings (SSSR count). The number of sulfonamides is 1. The Labute approximate surface area is 146 Å². The Morgan fingerprint density at radius 2 is 1.88 bits per heavy atom. The molecule has 8 nitrogen and oxygen atoms in total. The van der Waals surface area contributed by atoms with Crippen LogP contribution >= 0.6 is 0 Å². The quantitative estimate of drug-likeness (QED) is 0.725. The maximum absolute atomic E-state index is 12.5. The lowest BCUT2D eigenvalue weighted by atomic mass is 10.1. The minimum atomic E-state index is -3.77. The molecule has 0 bridgehead atoms. The van der Waals surface area contributed by atoms with Crippen LogP contribution in [-0.2, 0) is 23.1 Å². The van der Waals surface area contributed by atoms with Gasteiger partial charge in [-0.1, -0.05) is 24.3 Å². The summed E-state index contributed by atoms with van der Waals surface area (Å²) in [6.07, 6.45) is 3.01. The molecule has 0 aliphatic carbocycles. The van der Waals surface area contributed by atoms with E-state index >= 15 is 0 Å². The minimum Gasteiger partial charge on any atom is -0.271 e. The van der Waals surface area contributed by atoms with Crippen molar-refractivity contribution in [1.82, 2.24) is 24.5 Å². The lowest BCUT2D eigenvalue weighted by Crippen LogP contribution is -2.15. The van der Waals surface area contributed by atoms with Crippen LogP contribution in [0.25, 0.3) is 0 Å². The molecule has 2 heterocycles. The predicted molar refractivity (Wildman–Crippen MR) is 93.7 cm³/mol. The average Bonchev–Trinajstić information content (AvgIpc) is 3.16. The van der Waals surface area contributed by atoms with E-state index < -0.39 is 10.0 Å². The first-order valence-corrected chi connectivity index (χ1v) is 9.38. The molecule has 0 aliphatic heterocycles. The smallest absolute Gasteiger partial charge is 0.267 e. The van der Waals surface area contributed by atoms with Crippen molar-refractivity contribution in [3.63, 3.8) is 0 Å². The molecule has 1 N–H and O–H groups in total. The number of hydrogen-bond acceptors (Lipinski definition) is 5. The van der Waals surface area contributed by atoms with Gasteiger partial charge in [0.2, 0.25) is 0 Å². The minimum absolute atomic E-state index is 0.0391. The molecule has 0 fully saturated rings. The Kier molecular flexibility index (Phi) is 4.58. The van der Waals surface area contributed by atoms with Crippen LogP contribution < -0.4 is 4.72 Å². The number of anilines is 1. The normalized spacial score (nSPS) is 11.6. The average molecular weight is 360 g/mol. The highest BCUT2D eigenvalue weighted by atomic mass is 32.2. The molecular formula is C16H20N6O2S. The fourth-order valence-corrected chi connectivity index (χ4v) is 3.61. The summed E-state index contributed by atoms with van der Waals surface area (Å²) in [5.41, 5.74) is 2.68. The maximum atomic E-state index is 12.5. The molecule has 0 amide bonds. The van der Waals surface area contributed by atoms with Crippen molar-refractivity contribution in [3.05, 3.63) is 53.6 Å². The van der Waals surface area contributed by atoms with E-state index in [-0.39, 0.29) is 10.8 Å². The van der Waals surface area contributed by atoms with Gasteiger partial charge >= 0.3 is 0 Å². The van der Waals surface area contributed by atoms with Crippen LogP contribution in [0.5, 0.6) is 0 Å². The van der Waals surface area contributed by atoms with Gasteiger partial charge in [0.25, 0.3) is 16.0 Å². The van der Waals surface area contributed by atoms with Crippen LogP contribution in [0.15, 0.2) is 41.7 Å². The molecule has 3 aromatic rings. The third kappa shape index (κ3) is 3.71. The molecule has 132 valence electrons. The van der Waals surface area contributed by atoms with Crippen molar-refractivity contribution in [2.75, 3.05) is 4.72 Å². The van der Waals surface area contributed by atoms with E-state index in [1.807, 2.05) is 38.1 Å². The standard InChI is InChI=1S/C16H20N6O2S/c1-4-21-10-15(13(3)18-21)25(23,24)20-16-17-11-22(19-16)9-14-8-6-5-7-12(14)2/h5-8,10-11H,4,9H2,1-3H3,(H,19,20). The number of aryl methyl sites for hydroxylation is 3. The highest BCUT2D eigenvalue weighted by Gasteiger charge is 2.22. The first kappa shape index (κ1) is 17.2. The number of benzene rings is 1. The molecular weight excluding hydrogens is 340 g/mol. The van der Waals surface area contributed by atoms with Crippen LogP contribution in [0, 0.1) is 13.8 Å². The molecule has 1 aromatic carbocycles.